The number of carbonyl (C=O) groups excluding carboxylic acids is 1. The van der Waals surface area contributed by atoms with Gasteiger partial charge in [0.2, 0.25) is 5.82 Å². The number of aryl methyl sites for hydroxylation is 1. The molecule has 0 saturated heterocycles. The molecule has 0 aliphatic heterocycles. The molecule has 2 aromatic rings. The highest BCUT2D eigenvalue weighted by Crippen LogP contribution is 2.28. The molecule has 1 aromatic heterocycles. The second-order valence-corrected chi connectivity index (χ2v) is 5.95. The standard InChI is InChI=1S/C15H19Cl2N5O.ClH/c1-4-18-9(2)8-19-15(23)14-20-10(3)22(21-14)13-11(16)6-5-7-12(13)17;/h5-7,9,18H,4,8H2,1-3H3,(H,19,23);1H/t9-;/m1./s1. The normalized spacial score (nSPS) is 11.7. The van der Waals surface area contributed by atoms with E-state index in [0.717, 1.165) is 6.54 Å². The summed E-state index contributed by atoms with van der Waals surface area (Å²) in [6, 6.07) is 5.34. The molecule has 9 heteroatoms. The van der Waals surface area contributed by atoms with Crippen molar-refractivity contribution in [2.24, 2.45) is 0 Å². The fourth-order valence-electron chi connectivity index (χ4n) is 2.13. The van der Waals surface area contributed by atoms with Crippen molar-refractivity contribution in [3.8, 4) is 5.69 Å². The minimum atomic E-state index is -0.334. The SMILES string of the molecule is CCN[C@H](C)CNC(=O)c1nc(C)n(-c2c(Cl)cccc2Cl)n1.Cl. The Bertz CT molecular complexity index is 684. The molecule has 0 radical (unpaired) electrons. The van der Waals surface area contributed by atoms with Crippen LogP contribution in [0.3, 0.4) is 0 Å². The van der Waals surface area contributed by atoms with E-state index in [1.165, 1.54) is 4.68 Å². The molecule has 1 atom stereocenters. The Hall–Kier alpha value is -1.34. The summed E-state index contributed by atoms with van der Waals surface area (Å²) in [5.74, 6) is 0.284. The molecule has 1 amide bonds. The number of amides is 1. The van der Waals surface area contributed by atoms with E-state index in [1.54, 1.807) is 25.1 Å². The van der Waals surface area contributed by atoms with Gasteiger partial charge in [-0.25, -0.2) is 9.67 Å². The molecule has 0 aliphatic carbocycles. The van der Waals surface area contributed by atoms with Crippen molar-refractivity contribution < 1.29 is 4.79 Å². The Labute approximate surface area is 157 Å². The van der Waals surface area contributed by atoms with Crippen LogP contribution in [0.25, 0.3) is 5.69 Å². The third-order valence-corrected chi connectivity index (χ3v) is 3.85. The average Bonchev–Trinajstić information content (AvgIpc) is 2.87. The molecular formula is C15H20Cl3N5O. The fraction of sp³-hybridized carbons (Fsp3) is 0.400. The number of rotatable bonds is 6. The lowest BCUT2D eigenvalue weighted by Gasteiger charge is -2.12. The topological polar surface area (TPSA) is 71.8 Å². The summed E-state index contributed by atoms with van der Waals surface area (Å²) in [7, 11) is 0. The molecule has 132 valence electrons. The highest BCUT2D eigenvalue weighted by Gasteiger charge is 2.18. The highest BCUT2D eigenvalue weighted by atomic mass is 35.5. The minimum absolute atomic E-state index is 0. The molecular weight excluding hydrogens is 373 g/mol. The summed E-state index contributed by atoms with van der Waals surface area (Å²) in [5.41, 5.74) is 0.515. The fourth-order valence-corrected chi connectivity index (χ4v) is 2.69. The van der Waals surface area contributed by atoms with Gasteiger partial charge in [0.1, 0.15) is 11.5 Å². The number of hydrogen-bond donors (Lipinski definition) is 2. The predicted octanol–water partition coefficient (Wildman–Crippen LogP) is 3.03. The number of hydrogen-bond acceptors (Lipinski definition) is 4. The van der Waals surface area contributed by atoms with Crippen LogP contribution in [0.15, 0.2) is 18.2 Å². The van der Waals surface area contributed by atoms with Crippen LogP contribution in [0.2, 0.25) is 10.0 Å². The molecule has 1 aromatic carbocycles. The van der Waals surface area contributed by atoms with Gasteiger partial charge in [-0.15, -0.1) is 17.5 Å². The summed E-state index contributed by atoms with van der Waals surface area (Å²) in [4.78, 5) is 16.4. The van der Waals surface area contributed by atoms with E-state index in [9.17, 15) is 4.79 Å². The monoisotopic (exact) mass is 391 g/mol. The number of nitrogens with zero attached hydrogens (tertiary/aromatic N) is 3. The van der Waals surface area contributed by atoms with Crippen molar-refractivity contribution in [1.29, 1.82) is 0 Å². The smallest absolute Gasteiger partial charge is 0.291 e. The molecule has 2 N–H and O–H groups in total. The number of para-hydroxylation sites is 1. The van der Waals surface area contributed by atoms with E-state index in [-0.39, 0.29) is 30.2 Å². The summed E-state index contributed by atoms with van der Waals surface area (Å²) in [5, 5.41) is 11.1. The molecule has 6 nitrogen and oxygen atoms in total. The van der Waals surface area contributed by atoms with E-state index >= 15 is 0 Å². The van der Waals surface area contributed by atoms with Crippen LogP contribution in [0.5, 0.6) is 0 Å². The van der Waals surface area contributed by atoms with Crippen LogP contribution in [0.1, 0.15) is 30.3 Å². The van der Waals surface area contributed by atoms with Gasteiger partial charge in [0.05, 0.1) is 10.0 Å². The van der Waals surface area contributed by atoms with Crippen LogP contribution >= 0.6 is 35.6 Å². The van der Waals surface area contributed by atoms with Crippen molar-refractivity contribution in [1.82, 2.24) is 25.4 Å². The van der Waals surface area contributed by atoms with E-state index in [2.05, 4.69) is 20.7 Å². The zero-order valence-electron chi connectivity index (χ0n) is 13.6. The van der Waals surface area contributed by atoms with Crippen molar-refractivity contribution in [3.05, 3.63) is 39.9 Å². The Morgan fingerprint density at radius 1 is 1.33 bits per heavy atom. The summed E-state index contributed by atoms with van der Waals surface area (Å²) < 4.78 is 1.48. The molecule has 1 heterocycles. The lowest BCUT2D eigenvalue weighted by Crippen LogP contribution is -2.39. The number of carbonyl (C=O) groups is 1. The van der Waals surface area contributed by atoms with Gasteiger partial charge in [-0.05, 0) is 32.5 Å². The van der Waals surface area contributed by atoms with Crippen LogP contribution in [-0.2, 0) is 0 Å². The average molecular weight is 393 g/mol. The van der Waals surface area contributed by atoms with Crippen LogP contribution in [0.4, 0.5) is 0 Å². The quantitative estimate of drug-likeness (QED) is 0.792. The van der Waals surface area contributed by atoms with E-state index in [1.807, 2.05) is 13.8 Å². The molecule has 0 spiro atoms. The Balaban J connectivity index is 0.00000288. The number of nitrogens with one attached hydrogen (secondary N) is 2. The second-order valence-electron chi connectivity index (χ2n) is 5.13. The molecule has 0 aliphatic rings. The largest absolute Gasteiger partial charge is 0.348 e. The van der Waals surface area contributed by atoms with E-state index in [0.29, 0.717) is 28.1 Å². The van der Waals surface area contributed by atoms with Crippen LogP contribution in [0, 0.1) is 6.92 Å². The lowest BCUT2D eigenvalue weighted by molar-refractivity contribution is 0.0940. The summed E-state index contributed by atoms with van der Waals surface area (Å²) in [6.45, 7) is 7.08. The van der Waals surface area contributed by atoms with E-state index < -0.39 is 0 Å². The molecule has 0 bridgehead atoms. The van der Waals surface area contributed by atoms with Gasteiger partial charge in [0.15, 0.2) is 0 Å². The first kappa shape index (κ1) is 20.7. The maximum Gasteiger partial charge on any atom is 0.291 e. The minimum Gasteiger partial charge on any atom is -0.348 e. The molecule has 2 rings (SSSR count). The molecule has 0 saturated carbocycles. The Morgan fingerprint density at radius 3 is 2.54 bits per heavy atom. The van der Waals surface area contributed by atoms with Crippen molar-refractivity contribution >= 4 is 41.5 Å². The van der Waals surface area contributed by atoms with E-state index in [4.69, 9.17) is 23.2 Å². The number of benzene rings is 1. The Kier molecular flexibility index (Phi) is 7.96. The summed E-state index contributed by atoms with van der Waals surface area (Å²) >= 11 is 12.4. The van der Waals surface area contributed by atoms with Crippen molar-refractivity contribution in [2.75, 3.05) is 13.1 Å². The maximum atomic E-state index is 12.2. The van der Waals surface area contributed by atoms with Gasteiger partial charge >= 0.3 is 0 Å². The van der Waals surface area contributed by atoms with Crippen LogP contribution in [-0.4, -0.2) is 39.8 Å². The second kappa shape index (κ2) is 9.22. The third-order valence-electron chi connectivity index (χ3n) is 3.24. The van der Waals surface area contributed by atoms with Gasteiger partial charge in [-0.2, -0.15) is 0 Å². The lowest BCUT2D eigenvalue weighted by atomic mass is 10.3. The number of aromatic nitrogens is 3. The van der Waals surface area contributed by atoms with Gasteiger partial charge in [0.25, 0.3) is 5.91 Å². The molecule has 0 unspecified atom stereocenters. The maximum absolute atomic E-state index is 12.2. The highest BCUT2D eigenvalue weighted by molar-refractivity contribution is 6.37. The van der Waals surface area contributed by atoms with Crippen molar-refractivity contribution in [2.45, 2.75) is 26.8 Å². The number of likely N-dealkylation sites (N-methyl/N-ethyl adjacent to an activating group) is 1. The predicted molar refractivity (Wildman–Crippen MR) is 98.8 cm³/mol. The van der Waals surface area contributed by atoms with Gasteiger partial charge in [-0.1, -0.05) is 36.2 Å². The number of halogens is 3. The first-order valence-corrected chi connectivity index (χ1v) is 8.09. The first-order chi connectivity index (χ1) is 10.9. The zero-order chi connectivity index (χ0) is 17.0. The van der Waals surface area contributed by atoms with Crippen LogP contribution < -0.4 is 10.6 Å². The molecule has 0 fully saturated rings. The van der Waals surface area contributed by atoms with Gasteiger partial charge in [0, 0.05) is 12.6 Å². The molecule has 24 heavy (non-hydrogen) atoms. The zero-order valence-corrected chi connectivity index (χ0v) is 16.0. The summed E-state index contributed by atoms with van der Waals surface area (Å²) in [6.07, 6.45) is 0. The van der Waals surface area contributed by atoms with Crippen molar-refractivity contribution in [3.63, 3.8) is 0 Å². The Morgan fingerprint density at radius 2 is 1.96 bits per heavy atom. The van der Waals surface area contributed by atoms with Gasteiger partial charge < -0.3 is 10.6 Å². The van der Waals surface area contributed by atoms with Gasteiger partial charge in [-0.3, -0.25) is 4.79 Å². The first-order valence-electron chi connectivity index (χ1n) is 7.33. The third kappa shape index (κ3) is 4.83.